The number of carbonyl (C=O) groups excluding carboxylic acids is 2. The van der Waals surface area contributed by atoms with Crippen molar-refractivity contribution in [1.29, 1.82) is 0 Å². The first-order valence-electron chi connectivity index (χ1n) is 10.3. The lowest BCUT2D eigenvalue weighted by atomic mass is 10.0. The highest BCUT2D eigenvalue weighted by atomic mass is 19.4. The van der Waals surface area contributed by atoms with Crippen LogP contribution in [-0.2, 0) is 17.5 Å². The SMILES string of the molecule is COc1ccc(CN(C(=O)Nc2ccccc2C(F)(F)F)C2CCN(C(C)=O)CC2)cc1. The largest absolute Gasteiger partial charge is 0.497 e. The minimum absolute atomic E-state index is 0.0336. The maximum absolute atomic E-state index is 13.4. The van der Waals surface area contributed by atoms with Crippen LogP contribution in [0, 0.1) is 0 Å². The van der Waals surface area contributed by atoms with Gasteiger partial charge in [-0.3, -0.25) is 4.79 Å². The van der Waals surface area contributed by atoms with Gasteiger partial charge in [0.15, 0.2) is 0 Å². The zero-order valence-electron chi connectivity index (χ0n) is 18.0. The van der Waals surface area contributed by atoms with Crippen molar-refractivity contribution in [2.45, 2.75) is 38.5 Å². The van der Waals surface area contributed by atoms with Crippen molar-refractivity contribution in [3.63, 3.8) is 0 Å². The molecule has 1 aliphatic heterocycles. The molecule has 6 nitrogen and oxygen atoms in total. The third-order valence-corrected chi connectivity index (χ3v) is 5.60. The van der Waals surface area contributed by atoms with Crippen molar-refractivity contribution in [3.8, 4) is 5.75 Å². The topological polar surface area (TPSA) is 61.9 Å². The molecule has 0 aromatic heterocycles. The van der Waals surface area contributed by atoms with E-state index in [1.54, 1.807) is 29.0 Å². The van der Waals surface area contributed by atoms with Gasteiger partial charge in [0.25, 0.3) is 0 Å². The van der Waals surface area contributed by atoms with E-state index in [-0.39, 0.29) is 24.2 Å². The summed E-state index contributed by atoms with van der Waals surface area (Å²) in [5.41, 5.74) is -0.367. The van der Waals surface area contributed by atoms with Gasteiger partial charge in [0, 0.05) is 32.6 Å². The molecule has 0 aliphatic carbocycles. The molecule has 1 fully saturated rings. The summed E-state index contributed by atoms with van der Waals surface area (Å²) in [5, 5.41) is 2.45. The Labute approximate surface area is 184 Å². The number of methoxy groups -OCH3 is 1. The Morgan fingerprint density at radius 1 is 1.09 bits per heavy atom. The summed E-state index contributed by atoms with van der Waals surface area (Å²) < 4.78 is 45.3. The first kappa shape index (κ1) is 23.4. The fourth-order valence-corrected chi connectivity index (χ4v) is 3.81. The summed E-state index contributed by atoms with van der Waals surface area (Å²) in [4.78, 5) is 28.1. The fraction of sp³-hybridized carbons (Fsp3) is 0.391. The quantitative estimate of drug-likeness (QED) is 0.716. The third-order valence-electron chi connectivity index (χ3n) is 5.60. The van der Waals surface area contributed by atoms with Crippen molar-refractivity contribution in [1.82, 2.24) is 9.80 Å². The molecule has 0 saturated carbocycles. The van der Waals surface area contributed by atoms with E-state index in [9.17, 15) is 22.8 Å². The number of likely N-dealkylation sites (tertiary alicyclic amines) is 1. The summed E-state index contributed by atoms with van der Waals surface area (Å²) >= 11 is 0. The Balaban J connectivity index is 1.83. The van der Waals surface area contributed by atoms with E-state index >= 15 is 0 Å². The zero-order valence-corrected chi connectivity index (χ0v) is 18.0. The number of alkyl halides is 3. The molecular formula is C23H26F3N3O3. The van der Waals surface area contributed by atoms with E-state index in [2.05, 4.69) is 5.32 Å². The molecule has 172 valence electrons. The number of ether oxygens (including phenoxy) is 1. The van der Waals surface area contributed by atoms with Gasteiger partial charge < -0.3 is 19.9 Å². The van der Waals surface area contributed by atoms with Crippen molar-refractivity contribution < 1.29 is 27.5 Å². The van der Waals surface area contributed by atoms with Gasteiger partial charge in [-0.1, -0.05) is 24.3 Å². The average molecular weight is 449 g/mol. The van der Waals surface area contributed by atoms with Crippen molar-refractivity contribution >= 4 is 17.6 Å². The molecule has 32 heavy (non-hydrogen) atoms. The lowest BCUT2D eigenvalue weighted by Crippen LogP contribution is -2.49. The predicted molar refractivity (Wildman–Crippen MR) is 114 cm³/mol. The minimum atomic E-state index is -4.59. The van der Waals surface area contributed by atoms with Crippen LogP contribution in [0.15, 0.2) is 48.5 Å². The number of urea groups is 1. The Hall–Kier alpha value is -3.23. The number of hydrogen-bond acceptors (Lipinski definition) is 3. The molecule has 0 unspecified atom stereocenters. The van der Waals surface area contributed by atoms with Crippen LogP contribution in [0.4, 0.5) is 23.7 Å². The molecule has 3 amide bonds. The smallest absolute Gasteiger partial charge is 0.418 e. The second-order valence-corrected chi connectivity index (χ2v) is 7.69. The highest BCUT2D eigenvalue weighted by Gasteiger charge is 2.35. The summed E-state index contributed by atoms with van der Waals surface area (Å²) in [6, 6.07) is 11.2. The van der Waals surface area contributed by atoms with E-state index in [1.807, 2.05) is 12.1 Å². The number of nitrogens with one attached hydrogen (secondary N) is 1. The molecule has 1 N–H and O–H groups in total. The lowest BCUT2D eigenvalue weighted by molar-refractivity contribution is -0.137. The van der Waals surface area contributed by atoms with E-state index in [0.717, 1.165) is 11.6 Å². The average Bonchev–Trinajstić information content (AvgIpc) is 2.77. The molecule has 2 aromatic carbocycles. The first-order chi connectivity index (χ1) is 15.2. The van der Waals surface area contributed by atoms with Gasteiger partial charge in [0.1, 0.15) is 5.75 Å². The van der Waals surface area contributed by atoms with Gasteiger partial charge >= 0.3 is 12.2 Å². The van der Waals surface area contributed by atoms with E-state index in [4.69, 9.17) is 4.74 Å². The number of carbonyl (C=O) groups is 2. The molecule has 1 aliphatic rings. The summed E-state index contributed by atoms with van der Waals surface area (Å²) in [7, 11) is 1.55. The van der Waals surface area contributed by atoms with Gasteiger partial charge in [0.2, 0.25) is 5.91 Å². The number of para-hydroxylation sites is 1. The zero-order chi connectivity index (χ0) is 23.3. The maximum Gasteiger partial charge on any atom is 0.418 e. The maximum atomic E-state index is 13.4. The second-order valence-electron chi connectivity index (χ2n) is 7.69. The molecule has 0 bridgehead atoms. The van der Waals surface area contributed by atoms with Crippen LogP contribution in [0.2, 0.25) is 0 Å². The van der Waals surface area contributed by atoms with Crippen molar-refractivity contribution in [2.75, 3.05) is 25.5 Å². The summed E-state index contributed by atoms with van der Waals surface area (Å²) in [6.45, 7) is 2.70. The molecule has 1 heterocycles. The van der Waals surface area contributed by atoms with Crippen molar-refractivity contribution in [2.24, 2.45) is 0 Å². The molecular weight excluding hydrogens is 423 g/mol. The standard InChI is InChI=1S/C23H26F3N3O3/c1-16(30)28-13-11-18(12-14-28)29(15-17-7-9-19(32-2)10-8-17)22(31)27-21-6-4-3-5-20(21)23(24,25)26/h3-10,18H,11-15H2,1-2H3,(H,27,31). The highest BCUT2D eigenvalue weighted by Crippen LogP contribution is 2.35. The Morgan fingerprint density at radius 2 is 1.72 bits per heavy atom. The van der Waals surface area contributed by atoms with Crippen LogP contribution >= 0.6 is 0 Å². The molecule has 0 spiro atoms. The van der Waals surface area contributed by atoms with Crippen LogP contribution in [0.3, 0.4) is 0 Å². The van der Waals surface area contributed by atoms with Crippen LogP contribution in [0.25, 0.3) is 0 Å². The van der Waals surface area contributed by atoms with Crippen LogP contribution in [0.5, 0.6) is 5.75 Å². The normalized spacial score (nSPS) is 14.7. The number of halogens is 3. The second kappa shape index (κ2) is 9.93. The number of nitrogens with zero attached hydrogens (tertiary/aromatic N) is 2. The number of piperidine rings is 1. The van der Waals surface area contributed by atoms with Gasteiger partial charge in [0.05, 0.1) is 18.4 Å². The van der Waals surface area contributed by atoms with Crippen LogP contribution in [-0.4, -0.2) is 48.0 Å². The van der Waals surface area contributed by atoms with Crippen molar-refractivity contribution in [3.05, 3.63) is 59.7 Å². The highest BCUT2D eigenvalue weighted by molar-refractivity contribution is 5.90. The van der Waals surface area contributed by atoms with Gasteiger partial charge in [-0.2, -0.15) is 13.2 Å². The van der Waals surface area contributed by atoms with Crippen LogP contribution < -0.4 is 10.1 Å². The molecule has 0 radical (unpaired) electrons. The number of anilines is 1. The number of benzene rings is 2. The van der Waals surface area contributed by atoms with E-state index in [0.29, 0.717) is 31.7 Å². The number of hydrogen-bond donors (Lipinski definition) is 1. The predicted octanol–water partition coefficient (Wildman–Crippen LogP) is 4.76. The monoisotopic (exact) mass is 449 g/mol. The Morgan fingerprint density at radius 3 is 2.28 bits per heavy atom. The number of amides is 3. The van der Waals surface area contributed by atoms with Crippen LogP contribution in [0.1, 0.15) is 30.9 Å². The minimum Gasteiger partial charge on any atom is -0.497 e. The molecule has 0 atom stereocenters. The molecule has 3 rings (SSSR count). The fourth-order valence-electron chi connectivity index (χ4n) is 3.81. The molecule has 9 heteroatoms. The summed E-state index contributed by atoms with van der Waals surface area (Å²) in [6.07, 6.45) is -3.49. The van der Waals surface area contributed by atoms with Gasteiger partial charge in [-0.25, -0.2) is 4.79 Å². The Bertz CT molecular complexity index is 939. The first-order valence-corrected chi connectivity index (χ1v) is 10.3. The van der Waals surface area contributed by atoms with Gasteiger partial charge in [-0.05, 0) is 42.7 Å². The number of rotatable bonds is 5. The van der Waals surface area contributed by atoms with Gasteiger partial charge in [-0.15, -0.1) is 0 Å². The molecule has 2 aromatic rings. The Kier molecular flexibility index (Phi) is 7.27. The third kappa shape index (κ3) is 5.72. The molecule has 1 saturated heterocycles. The van der Waals surface area contributed by atoms with E-state index < -0.39 is 17.8 Å². The van der Waals surface area contributed by atoms with E-state index in [1.165, 1.54) is 25.1 Å². The lowest BCUT2D eigenvalue weighted by Gasteiger charge is -2.38. The summed E-state index contributed by atoms with van der Waals surface area (Å²) in [5.74, 6) is 0.632.